The Balaban J connectivity index is 2.28. The quantitative estimate of drug-likeness (QED) is 0.697. The summed E-state index contributed by atoms with van der Waals surface area (Å²) in [6.07, 6.45) is 2.01. The van der Waals surface area contributed by atoms with Crippen molar-refractivity contribution < 1.29 is 19.4 Å². The molecule has 5 nitrogen and oxygen atoms in total. The van der Waals surface area contributed by atoms with Crippen LogP contribution in [0.5, 0.6) is 0 Å². The number of carboxylic acid groups (broad SMARTS) is 1. The maximum absolute atomic E-state index is 11.1. The van der Waals surface area contributed by atoms with Gasteiger partial charge in [-0.15, -0.1) is 0 Å². The summed E-state index contributed by atoms with van der Waals surface area (Å²) in [6, 6.07) is 0. The van der Waals surface area contributed by atoms with E-state index in [1.165, 1.54) is 0 Å². The average molecular weight is 245 g/mol. The Morgan fingerprint density at radius 2 is 2.18 bits per heavy atom. The third kappa shape index (κ3) is 4.61. The molecule has 0 spiro atoms. The van der Waals surface area contributed by atoms with Crippen molar-refractivity contribution in [2.24, 2.45) is 5.92 Å². The molecule has 0 amide bonds. The standard InChI is InChI=1S/C12H23NO4/c1-3-13-12(2,11(14)15)9-17-8-10-4-6-16-7-5-10/h10,13H,3-9H2,1-2H3,(H,14,15). The Morgan fingerprint density at radius 1 is 1.53 bits per heavy atom. The normalized spacial score (nSPS) is 21.1. The van der Waals surface area contributed by atoms with Gasteiger partial charge in [0.25, 0.3) is 0 Å². The maximum Gasteiger partial charge on any atom is 0.326 e. The molecule has 0 saturated carbocycles. The van der Waals surface area contributed by atoms with Crippen molar-refractivity contribution in [3.05, 3.63) is 0 Å². The molecule has 0 bridgehead atoms. The van der Waals surface area contributed by atoms with Gasteiger partial charge < -0.3 is 19.9 Å². The first-order valence-corrected chi connectivity index (χ1v) is 6.22. The van der Waals surface area contributed by atoms with Gasteiger partial charge in [-0.1, -0.05) is 6.92 Å². The van der Waals surface area contributed by atoms with Gasteiger partial charge in [0.15, 0.2) is 0 Å². The number of hydrogen-bond donors (Lipinski definition) is 2. The Hall–Kier alpha value is -0.650. The predicted octanol–water partition coefficient (Wildman–Crippen LogP) is 0.882. The predicted molar refractivity (Wildman–Crippen MR) is 64.1 cm³/mol. The second kappa shape index (κ2) is 6.93. The van der Waals surface area contributed by atoms with Gasteiger partial charge in [-0.05, 0) is 32.2 Å². The molecule has 1 fully saturated rings. The third-order valence-electron chi connectivity index (χ3n) is 3.12. The number of nitrogens with one attached hydrogen (secondary N) is 1. The van der Waals surface area contributed by atoms with Gasteiger partial charge in [-0.2, -0.15) is 0 Å². The molecule has 1 aliphatic rings. The van der Waals surface area contributed by atoms with Gasteiger partial charge in [0.2, 0.25) is 0 Å². The van der Waals surface area contributed by atoms with Crippen LogP contribution in [0, 0.1) is 5.92 Å². The summed E-state index contributed by atoms with van der Waals surface area (Å²) in [5.41, 5.74) is -0.986. The van der Waals surface area contributed by atoms with E-state index in [2.05, 4.69) is 5.32 Å². The molecule has 0 aromatic heterocycles. The van der Waals surface area contributed by atoms with E-state index in [0.29, 0.717) is 19.1 Å². The Labute approximate surface area is 102 Å². The molecule has 1 heterocycles. The van der Waals surface area contributed by atoms with Crippen molar-refractivity contribution >= 4 is 5.97 Å². The molecule has 5 heteroatoms. The van der Waals surface area contributed by atoms with Crippen molar-refractivity contribution in [3.63, 3.8) is 0 Å². The van der Waals surface area contributed by atoms with E-state index in [4.69, 9.17) is 14.6 Å². The highest BCUT2D eigenvalue weighted by Crippen LogP contribution is 2.15. The third-order valence-corrected chi connectivity index (χ3v) is 3.12. The second-order valence-electron chi connectivity index (χ2n) is 4.74. The number of carbonyl (C=O) groups is 1. The molecule has 100 valence electrons. The zero-order valence-electron chi connectivity index (χ0n) is 10.7. The largest absolute Gasteiger partial charge is 0.480 e. The second-order valence-corrected chi connectivity index (χ2v) is 4.74. The van der Waals surface area contributed by atoms with Crippen molar-refractivity contribution in [1.29, 1.82) is 0 Å². The Bertz CT molecular complexity index is 241. The summed E-state index contributed by atoms with van der Waals surface area (Å²) in [5, 5.41) is 12.1. The van der Waals surface area contributed by atoms with Gasteiger partial charge in [0.05, 0.1) is 6.61 Å². The van der Waals surface area contributed by atoms with Crippen molar-refractivity contribution in [2.45, 2.75) is 32.2 Å². The van der Waals surface area contributed by atoms with Crippen LogP contribution >= 0.6 is 0 Å². The van der Waals surface area contributed by atoms with Crippen LogP contribution < -0.4 is 5.32 Å². The topological polar surface area (TPSA) is 67.8 Å². The number of ether oxygens (including phenoxy) is 2. The fraction of sp³-hybridized carbons (Fsp3) is 0.917. The molecule has 17 heavy (non-hydrogen) atoms. The van der Waals surface area contributed by atoms with E-state index in [9.17, 15) is 4.79 Å². The number of hydrogen-bond acceptors (Lipinski definition) is 4. The monoisotopic (exact) mass is 245 g/mol. The lowest BCUT2D eigenvalue weighted by molar-refractivity contribution is -0.147. The lowest BCUT2D eigenvalue weighted by Crippen LogP contribution is -2.53. The summed E-state index contributed by atoms with van der Waals surface area (Å²) in [5.74, 6) is -0.366. The SMILES string of the molecule is CCNC(C)(COCC1CCOCC1)C(=O)O. The van der Waals surface area contributed by atoms with E-state index < -0.39 is 11.5 Å². The molecular formula is C12H23NO4. The van der Waals surface area contributed by atoms with Gasteiger partial charge in [0, 0.05) is 19.8 Å². The van der Waals surface area contributed by atoms with Gasteiger partial charge in [-0.3, -0.25) is 4.79 Å². The summed E-state index contributed by atoms with van der Waals surface area (Å²) >= 11 is 0. The fourth-order valence-electron chi connectivity index (χ4n) is 1.92. The average Bonchev–Trinajstić information content (AvgIpc) is 2.30. The summed E-state index contributed by atoms with van der Waals surface area (Å²) in [6.45, 7) is 6.56. The van der Waals surface area contributed by atoms with Crippen molar-refractivity contribution in [2.75, 3.05) is 33.0 Å². The molecule has 0 aromatic carbocycles. The Morgan fingerprint density at radius 3 is 2.71 bits per heavy atom. The lowest BCUT2D eigenvalue weighted by atomic mass is 10.0. The van der Waals surface area contributed by atoms with Crippen LogP contribution in [0.4, 0.5) is 0 Å². The van der Waals surface area contributed by atoms with E-state index >= 15 is 0 Å². The minimum Gasteiger partial charge on any atom is -0.480 e. The fourth-order valence-corrected chi connectivity index (χ4v) is 1.92. The molecule has 0 aliphatic carbocycles. The maximum atomic E-state index is 11.1. The molecule has 1 saturated heterocycles. The van der Waals surface area contributed by atoms with Crippen LogP contribution in [0.15, 0.2) is 0 Å². The van der Waals surface area contributed by atoms with Crippen LogP contribution in [0.2, 0.25) is 0 Å². The van der Waals surface area contributed by atoms with Crippen LogP contribution in [0.3, 0.4) is 0 Å². The highest BCUT2D eigenvalue weighted by atomic mass is 16.5. The molecule has 1 unspecified atom stereocenters. The first kappa shape index (κ1) is 14.4. The molecule has 0 aromatic rings. The van der Waals surface area contributed by atoms with Crippen LogP contribution in [-0.4, -0.2) is 49.6 Å². The smallest absolute Gasteiger partial charge is 0.326 e. The molecule has 1 rings (SSSR count). The highest BCUT2D eigenvalue weighted by molar-refractivity contribution is 5.78. The summed E-state index contributed by atoms with van der Waals surface area (Å²) in [7, 11) is 0. The van der Waals surface area contributed by atoms with Gasteiger partial charge in [0.1, 0.15) is 5.54 Å². The highest BCUT2D eigenvalue weighted by Gasteiger charge is 2.32. The summed E-state index contributed by atoms with van der Waals surface area (Å²) in [4.78, 5) is 11.1. The first-order chi connectivity index (χ1) is 8.08. The van der Waals surface area contributed by atoms with Gasteiger partial charge >= 0.3 is 5.97 Å². The van der Waals surface area contributed by atoms with E-state index in [-0.39, 0.29) is 6.61 Å². The molecule has 2 N–H and O–H groups in total. The number of aliphatic carboxylic acids is 1. The zero-order chi connectivity index (χ0) is 12.7. The minimum absolute atomic E-state index is 0.202. The number of likely N-dealkylation sites (N-methyl/N-ethyl adjacent to an activating group) is 1. The molecule has 0 radical (unpaired) electrons. The zero-order valence-corrected chi connectivity index (χ0v) is 10.7. The van der Waals surface area contributed by atoms with E-state index in [1.807, 2.05) is 6.92 Å². The van der Waals surface area contributed by atoms with Gasteiger partial charge in [-0.25, -0.2) is 0 Å². The lowest BCUT2D eigenvalue weighted by Gasteiger charge is -2.27. The van der Waals surface area contributed by atoms with Crippen LogP contribution in [-0.2, 0) is 14.3 Å². The van der Waals surface area contributed by atoms with Crippen LogP contribution in [0.1, 0.15) is 26.7 Å². The first-order valence-electron chi connectivity index (χ1n) is 6.22. The molecule has 1 atom stereocenters. The van der Waals surface area contributed by atoms with E-state index in [0.717, 1.165) is 26.1 Å². The molecule has 1 aliphatic heterocycles. The molecular weight excluding hydrogens is 222 g/mol. The Kier molecular flexibility index (Phi) is 5.88. The minimum atomic E-state index is -0.986. The van der Waals surface area contributed by atoms with Crippen molar-refractivity contribution in [1.82, 2.24) is 5.32 Å². The number of rotatable bonds is 7. The van der Waals surface area contributed by atoms with Crippen molar-refractivity contribution in [3.8, 4) is 0 Å². The van der Waals surface area contributed by atoms with E-state index in [1.54, 1.807) is 6.92 Å². The number of carboxylic acids is 1. The summed E-state index contributed by atoms with van der Waals surface area (Å²) < 4.78 is 10.8. The van der Waals surface area contributed by atoms with Crippen LogP contribution in [0.25, 0.3) is 0 Å².